The minimum absolute atomic E-state index is 0.0727. The van der Waals surface area contributed by atoms with E-state index in [1.807, 2.05) is 20.8 Å². The van der Waals surface area contributed by atoms with Crippen molar-refractivity contribution in [1.29, 1.82) is 0 Å². The van der Waals surface area contributed by atoms with Gasteiger partial charge in [0.15, 0.2) is 4.34 Å². The maximum absolute atomic E-state index is 12.2. The fraction of sp³-hybridized carbons (Fsp3) is 0.375. The van der Waals surface area contributed by atoms with Crippen LogP contribution in [0.25, 0.3) is 0 Å². The standard InChI is InChI=1S/C16H20N4O3S2/c1-16(2,3)18-12(21)9-24-15-20-19-14(25-15)17-13(22)10-5-7-11(23-4)8-6-10/h5-8H,9H2,1-4H3,(H,18,21)(H,17,19,22). The second-order valence-electron chi connectivity index (χ2n) is 6.14. The van der Waals surface area contributed by atoms with E-state index in [4.69, 9.17) is 4.74 Å². The Balaban J connectivity index is 1.88. The lowest BCUT2D eigenvalue weighted by molar-refractivity contribution is -0.119. The summed E-state index contributed by atoms with van der Waals surface area (Å²) in [5.74, 6) is 0.579. The van der Waals surface area contributed by atoms with Crippen LogP contribution in [0.3, 0.4) is 0 Å². The van der Waals surface area contributed by atoms with Gasteiger partial charge in [0.2, 0.25) is 11.0 Å². The fourth-order valence-corrected chi connectivity index (χ4v) is 3.36. The van der Waals surface area contributed by atoms with E-state index in [0.29, 0.717) is 20.8 Å². The van der Waals surface area contributed by atoms with Gasteiger partial charge in [-0.1, -0.05) is 23.1 Å². The van der Waals surface area contributed by atoms with Crippen LogP contribution in [0.5, 0.6) is 5.75 Å². The quantitative estimate of drug-likeness (QED) is 0.591. The Morgan fingerprint density at radius 3 is 2.48 bits per heavy atom. The van der Waals surface area contributed by atoms with Crippen LogP contribution in [0.4, 0.5) is 5.13 Å². The van der Waals surface area contributed by atoms with Gasteiger partial charge in [-0.2, -0.15) is 0 Å². The number of aromatic nitrogens is 2. The summed E-state index contributed by atoms with van der Waals surface area (Å²) < 4.78 is 5.68. The van der Waals surface area contributed by atoms with Crippen molar-refractivity contribution in [2.75, 3.05) is 18.2 Å². The zero-order chi connectivity index (χ0) is 18.4. The number of hydrogen-bond donors (Lipinski definition) is 2. The predicted octanol–water partition coefficient (Wildman–Crippen LogP) is 2.81. The molecule has 2 rings (SSSR count). The molecule has 0 unspecified atom stereocenters. The van der Waals surface area contributed by atoms with Gasteiger partial charge in [0.1, 0.15) is 5.75 Å². The van der Waals surface area contributed by atoms with Crippen molar-refractivity contribution < 1.29 is 14.3 Å². The maximum atomic E-state index is 12.2. The molecule has 0 fully saturated rings. The Labute approximate surface area is 154 Å². The highest BCUT2D eigenvalue weighted by Crippen LogP contribution is 2.26. The Kier molecular flexibility index (Phi) is 6.38. The molecule has 0 radical (unpaired) electrons. The summed E-state index contributed by atoms with van der Waals surface area (Å²) in [5.41, 5.74) is 0.228. The van der Waals surface area contributed by atoms with Crippen molar-refractivity contribution in [3.8, 4) is 5.75 Å². The van der Waals surface area contributed by atoms with Crippen molar-refractivity contribution in [3.05, 3.63) is 29.8 Å². The number of rotatable bonds is 6. The predicted molar refractivity (Wildman–Crippen MR) is 99.5 cm³/mol. The van der Waals surface area contributed by atoms with E-state index >= 15 is 0 Å². The van der Waals surface area contributed by atoms with Gasteiger partial charge in [-0.15, -0.1) is 10.2 Å². The maximum Gasteiger partial charge on any atom is 0.257 e. The van der Waals surface area contributed by atoms with Crippen molar-refractivity contribution in [3.63, 3.8) is 0 Å². The third-order valence-corrected chi connectivity index (χ3v) is 4.79. The van der Waals surface area contributed by atoms with Gasteiger partial charge in [0.05, 0.1) is 12.9 Å². The number of amides is 2. The van der Waals surface area contributed by atoms with Gasteiger partial charge in [-0.05, 0) is 45.0 Å². The van der Waals surface area contributed by atoms with Crippen LogP contribution in [0.1, 0.15) is 31.1 Å². The highest BCUT2D eigenvalue weighted by Gasteiger charge is 2.15. The Morgan fingerprint density at radius 2 is 1.88 bits per heavy atom. The van der Waals surface area contributed by atoms with Gasteiger partial charge in [-0.25, -0.2) is 0 Å². The second kappa shape index (κ2) is 8.30. The summed E-state index contributed by atoms with van der Waals surface area (Å²) in [5, 5.41) is 13.9. The molecule has 2 amide bonds. The summed E-state index contributed by atoms with van der Waals surface area (Å²) in [6, 6.07) is 6.76. The zero-order valence-corrected chi connectivity index (χ0v) is 16.1. The molecular weight excluding hydrogens is 360 g/mol. The van der Waals surface area contributed by atoms with E-state index in [2.05, 4.69) is 20.8 Å². The smallest absolute Gasteiger partial charge is 0.257 e. The average molecular weight is 380 g/mol. The molecule has 0 atom stereocenters. The molecule has 0 spiro atoms. The fourth-order valence-electron chi connectivity index (χ4n) is 1.81. The number of benzene rings is 1. The number of methoxy groups -OCH3 is 1. The van der Waals surface area contributed by atoms with E-state index in [1.54, 1.807) is 31.4 Å². The van der Waals surface area contributed by atoms with Gasteiger partial charge in [-0.3, -0.25) is 14.9 Å². The largest absolute Gasteiger partial charge is 0.497 e. The second-order valence-corrected chi connectivity index (χ2v) is 8.34. The van der Waals surface area contributed by atoms with Gasteiger partial charge in [0, 0.05) is 11.1 Å². The normalized spacial score (nSPS) is 11.0. The average Bonchev–Trinajstić information content (AvgIpc) is 2.99. The van der Waals surface area contributed by atoms with Gasteiger partial charge < -0.3 is 10.1 Å². The molecule has 1 aromatic heterocycles. The molecule has 0 aliphatic heterocycles. The van der Waals surface area contributed by atoms with Crippen LogP contribution < -0.4 is 15.4 Å². The van der Waals surface area contributed by atoms with E-state index in [1.165, 1.54) is 23.1 Å². The number of thioether (sulfide) groups is 1. The van der Waals surface area contributed by atoms with Crippen LogP contribution in [0, 0.1) is 0 Å². The number of nitrogens with zero attached hydrogens (tertiary/aromatic N) is 2. The lowest BCUT2D eigenvalue weighted by Crippen LogP contribution is -2.41. The van der Waals surface area contributed by atoms with Gasteiger partial charge in [0.25, 0.3) is 5.91 Å². The molecule has 0 aliphatic rings. The molecule has 0 bridgehead atoms. The Hall–Kier alpha value is -2.13. The number of carbonyl (C=O) groups excluding carboxylic acids is 2. The van der Waals surface area contributed by atoms with E-state index in [-0.39, 0.29) is 23.1 Å². The minimum atomic E-state index is -0.277. The number of nitrogens with one attached hydrogen (secondary N) is 2. The molecule has 0 saturated carbocycles. The summed E-state index contributed by atoms with van der Waals surface area (Å²) >= 11 is 2.51. The first-order chi connectivity index (χ1) is 11.8. The SMILES string of the molecule is COc1ccc(C(=O)Nc2nnc(SCC(=O)NC(C)(C)C)s2)cc1. The number of ether oxygens (including phenoxy) is 1. The van der Waals surface area contributed by atoms with E-state index in [0.717, 1.165) is 0 Å². The molecular formula is C16H20N4O3S2. The third kappa shape index (κ3) is 6.35. The van der Waals surface area contributed by atoms with Crippen molar-refractivity contribution in [1.82, 2.24) is 15.5 Å². The van der Waals surface area contributed by atoms with Crippen molar-refractivity contribution in [2.45, 2.75) is 30.6 Å². The third-order valence-electron chi connectivity index (χ3n) is 2.82. The lowest BCUT2D eigenvalue weighted by Gasteiger charge is -2.19. The first-order valence-electron chi connectivity index (χ1n) is 7.49. The molecule has 2 N–H and O–H groups in total. The monoisotopic (exact) mass is 380 g/mol. The highest BCUT2D eigenvalue weighted by atomic mass is 32.2. The number of carbonyl (C=O) groups is 2. The van der Waals surface area contributed by atoms with Crippen LogP contribution >= 0.6 is 23.1 Å². The molecule has 2 aromatic rings. The molecule has 1 aromatic carbocycles. The van der Waals surface area contributed by atoms with Crippen LogP contribution in [-0.2, 0) is 4.79 Å². The number of hydrogen-bond acceptors (Lipinski definition) is 7. The molecule has 9 heteroatoms. The lowest BCUT2D eigenvalue weighted by atomic mass is 10.1. The Morgan fingerprint density at radius 1 is 1.20 bits per heavy atom. The highest BCUT2D eigenvalue weighted by molar-refractivity contribution is 8.01. The molecule has 0 saturated heterocycles. The molecule has 25 heavy (non-hydrogen) atoms. The van der Waals surface area contributed by atoms with Crippen molar-refractivity contribution >= 4 is 40.0 Å². The van der Waals surface area contributed by atoms with Crippen LogP contribution in [0.2, 0.25) is 0 Å². The van der Waals surface area contributed by atoms with Crippen LogP contribution in [0.15, 0.2) is 28.6 Å². The first-order valence-corrected chi connectivity index (χ1v) is 9.30. The molecule has 134 valence electrons. The summed E-state index contributed by atoms with van der Waals surface area (Å²) in [6.07, 6.45) is 0. The van der Waals surface area contributed by atoms with E-state index < -0.39 is 0 Å². The molecule has 1 heterocycles. The molecule has 7 nitrogen and oxygen atoms in total. The van der Waals surface area contributed by atoms with Crippen LogP contribution in [-0.4, -0.2) is 40.4 Å². The zero-order valence-electron chi connectivity index (χ0n) is 14.5. The summed E-state index contributed by atoms with van der Waals surface area (Å²) in [4.78, 5) is 24.0. The Bertz CT molecular complexity index is 739. The first kappa shape index (κ1) is 19.2. The van der Waals surface area contributed by atoms with Gasteiger partial charge >= 0.3 is 0 Å². The summed E-state index contributed by atoms with van der Waals surface area (Å²) in [6.45, 7) is 5.77. The van der Waals surface area contributed by atoms with Crippen molar-refractivity contribution in [2.24, 2.45) is 0 Å². The summed E-state index contributed by atoms with van der Waals surface area (Å²) in [7, 11) is 1.57. The van der Waals surface area contributed by atoms with E-state index in [9.17, 15) is 9.59 Å². The minimum Gasteiger partial charge on any atom is -0.497 e. The molecule has 0 aliphatic carbocycles. The topological polar surface area (TPSA) is 93.2 Å². The number of anilines is 1.